The van der Waals surface area contributed by atoms with Gasteiger partial charge in [-0.15, -0.1) is 0 Å². The normalized spacial score (nSPS) is 12.4. The lowest BCUT2D eigenvalue weighted by Crippen LogP contribution is -2.22. The summed E-state index contributed by atoms with van der Waals surface area (Å²) in [6, 6.07) is 4.94. The van der Waals surface area contributed by atoms with E-state index >= 15 is 0 Å². The van der Waals surface area contributed by atoms with Crippen LogP contribution in [0, 0.1) is 18.6 Å². The lowest BCUT2D eigenvalue weighted by molar-refractivity contribution is 0.169. The van der Waals surface area contributed by atoms with Gasteiger partial charge in [0, 0.05) is 31.0 Å². The average Bonchev–Trinajstić information content (AvgIpc) is 2.43. The molecule has 1 unspecified atom stereocenters. The number of nitrogens with zero attached hydrogens (tertiary/aromatic N) is 1. The number of pyridine rings is 1. The van der Waals surface area contributed by atoms with E-state index < -0.39 is 17.7 Å². The third-order valence-corrected chi connectivity index (χ3v) is 3.12. The minimum atomic E-state index is -1.09. The number of rotatable bonds is 5. The molecule has 5 heteroatoms. The number of aryl methyl sites for hydroxylation is 1. The maximum atomic E-state index is 13.5. The zero-order valence-electron chi connectivity index (χ0n) is 11.1. The summed E-state index contributed by atoms with van der Waals surface area (Å²) in [5.74, 6) is -1.18. The molecule has 0 bridgehead atoms. The summed E-state index contributed by atoms with van der Waals surface area (Å²) >= 11 is 0. The molecule has 0 aliphatic carbocycles. The first kappa shape index (κ1) is 14.6. The Morgan fingerprint density at radius 1 is 1.30 bits per heavy atom. The van der Waals surface area contributed by atoms with E-state index in [9.17, 15) is 13.9 Å². The second-order valence-electron chi connectivity index (χ2n) is 4.61. The van der Waals surface area contributed by atoms with Crippen molar-refractivity contribution in [2.24, 2.45) is 0 Å². The largest absolute Gasteiger partial charge is 0.387 e. The Kier molecular flexibility index (Phi) is 4.76. The second-order valence-corrected chi connectivity index (χ2v) is 4.61. The zero-order chi connectivity index (χ0) is 14.5. The van der Waals surface area contributed by atoms with E-state index in [4.69, 9.17) is 0 Å². The quantitative estimate of drug-likeness (QED) is 0.883. The number of aromatic nitrogens is 1. The number of hydrogen-bond acceptors (Lipinski definition) is 3. The summed E-state index contributed by atoms with van der Waals surface area (Å²) in [5, 5.41) is 12.9. The van der Waals surface area contributed by atoms with E-state index in [-0.39, 0.29) is 12.1 Å². The molecule has 1 aromatic carbocycles. The Labute approximate surface area is 116 Å². The minimum Gasteiger partial charge on any atom is -0.387 e. The first-order valence-corrected chi connectivity index (χ1v) is 6.31. The van der Waals surface area contributed by atoms with Crippen molar-refractivity contribution in [3.8, 4) is 0 Å². The van der Waals surface area contributed by atoms with E-state index in [1.807, 2.05) is 13.0 Å². The van der Waals surface area contributed by atoms with Crippen molar-refractivity contribution in [1.29, 1.82) is 0 Å². The van der Waals surface area contributed by atoms with Crippen molar-refractivity contribution < 1.29 is 13.9 Å². The molecule has 20 heavy (non-hydrogen) atoms. The fourth-order valence-corrected chi connectivity index (χ4v) is 1.91. The molecule has 1 heterocycles. The molecule has 1 aromatic heterocycles. The van der Waals surface area contributed by atoms with Crippen LogP contribution >= 0.6 is 0 Å². The van der Waals surface area contributed by atoms with E-state index in [1.54, 1.807) is 12.4 Å². The summed E-state index contributed by atoms with van der Waals surface area (Å²) in [6.45, 7) is 2.60. The SMILES string of the molecule is Cc1ccncc1CNCC(O)c1cc(F)ccc1F. The van der Waals surface area contributed by atoms with Crippen molar-refractivity contribution >= 4 is 0 Å². The van der Waals surface area contributed by atoms with Gasteiger partial charge in [-0.2, -0.15) is 0 Å². The van der Waals surface area contributed by atoms with Crippen molar-refractivity contribution in [3.63, 3.8) is 0 Å². The summed E-state index contributed by atoms with van der Waals surface area (Å²) in [7, 11) is 0. The van der Waals surface area contributed by atoms with Gasteiger partial charge in [0.1, 0.15) is 11.6 Å². The van der Waals surface area contributed by atoms with Crippen molar-refractivity contribution in [2.75, 3.05) is 6.54 Å². The molecule has 0 saturated heterocycles. The fraction of sp³-hybridized carbons (Fsp3) is 0.267. The van der Waals surface area contributed by atoms with Gasteiger partial charge in [0.25, 0.3) is 0 Å². The Morgan fingerprint density at radius 3 is 2.85 bits per heavy atom. The number of hydrogen-bond donors (Lipinski definition) is 2. The molecule has 2 rings (SSSR count). The highest BCUT2D eigenvalue weighted by atomic mass is 19.1. The second kappa shape index (κ2) is 6.54. The minimum absolute atomic E-state index is 0.0413. The van der Waals surface area contributed by atoms with E-state index in [0.29, 0.717) is 6.54 Å². The molecule has 0 radical (unpaired) electrons. The number of halogens is 2. The highest BCUT2D eigenvalue weighted by Gasteiger charge is 2.13. The highest BCUT2D eigenvalue weighted by molar-refractivity contribution is 5.22. The fourth-order valence-electron chi connectivity index (χ4n) is 1.91. The lowest BCUT2D eigenvalue weighted by atomic mass is 10.1. The Balaban J connectivity index is 1.94. The molecule has 0 fully saturated rings. The molecule has 0 aliphatic rings. The Hall–Kier alpha value is -1.85. The molecule has 0 saturated carbocycles. The van der Waals surface area contributed by atoms with Crippen LogP contribution in [0.25, 0.3) is 0 Å². The number of aliphatic hydroxyl groups is 1. The molecule has 0 spiro atoms. The van der Waals surface area contributed by atoms with Crippen molar-refractivity contribution in [2.45, 2.75) is 19.6 Å². The van der Waals surface area contributed by atoms with E-state index in [0.717, 1.165) is 29.3 Å². The van der Waals surface area contributed by atoms with E-state index in [2.05, 4.69) is 10.3 Å². The van der Waals surface area contributed by atoms with Crippen LogP contribution in [0.15, 0.2) is 36.7 Å². The molecule has 0 amide bonds. The van der Waals surface area contributed by atoms with E-state index in [1.165, 1.54) is 0 Å². The van der Waals surface area contributed by atoms with Crippen LogP contribution in [0.3, 0.4) is 0 Å². The first-order chi connectivity index (χ1) is 9.58. The number of nitrogens with one attached hydrogen (secondary N) is 1. The molecular weight excluding hydrogens is 262 g/mol. The molecular formula is C15H16F2N2O. The molecule has 1 atom stereocenters. The van der Waals surface area contributed by atoms with Gasteiger partial charge in [-0.25, -0.2) is 8.78 Å². The number of benzene rings is 1. The maximum absolute atomic E-state index is 13.5. The van der Waals surface area contributed by atoms with Crippen LogP contribution < -0.4 is 5.32 Å². The van der Waals surface area contributed by atoms with Gasteiger partial charge >= 0.3 is 0 Å². The third kappa shape index (κ3) is 3.59. The molecule has 0 aliphatic heterocycles. The lowest BCUT2D eigenvalue weighted by Gasteiger charge is -2.13. The molecule has 106 valence electrons. The summed E-state index contributed by atoms with van der Waals surface area (Å²) in [5.41, 5.74) is 2.04. The predicted octanol–water partition coefficient (Wildman–Crippen LogP) is 2.49. The highest BCUT2D eigenvalue weighted by Crippen LogP contribution is 2.17. The topological polar surface area (TPSA) is 45.2 Å². The molecule has 3 nitrogen and oxygen atoms in total. The Bertz CT molecular complexity index is 590. The van der Waals surface area contributed by atoms with Crippen LogP contribution in [-0.4, -0.2) is 16.6 Å². The smallest absolute Gasteiger partial charge is 0.129 e. The standard InChI is InChI=1S/C15H16F2N2O/c1-10-4-5-18-7-11(10)8-19-9-15(20)13-6-12(16)2-3-14(13)17/h2-7,15,19-20H,8-9H2,1H3. The van der Waals surface area contributed by atoms with Gasteiger partial charge < -0.3 is 10.4 Å². The van der Waals surface area contributed by atoms with Gasteiger partial charge in [-0.1, -0.05) is 0 Å². The number of aliphatic hydroxyl groups excluding tert-OH is 1. The van der Waals surface area contributed by atoms with Gasteiger partial charge in [0.15, 0.2) is 0 Å². The van der Waals surface area contributed by atoms with Crippen LogP contribution in [0.2, 0.25) is 0 Å². The summed E-state index contributed by atoms with van der Waals surface area (Å²) in [6.07, 6.45) is 2.34. The van der Waals surface area contributed by atoms with Crippen molar-refractivity contribution in [1.82, 2.24) is 10.3 Å². The molecule has 2 N–H and O–H groups in total. The summed E-state index contributed by atoms with van der Waals surface area (Å²) in [4.78, 5) is 4.02. The van der Waals surface area contributed by atoms with Crippen molar-refractivity contribution in [3.05, 3.63) is 65.0 Å². The van der Waals surface area contributed by atoms with Crippen LogP contribution in [0.4, 0.5) is 8.78 Å². The average molecular weight is 278 g/mol. The van der Waals surface area contributed by atoms with Gasteiger partial charge in [-0.05, 0) is 42.3 Å². The molecule has 2 aromatic rings. The predicted molar refractivity (Wildman–Crippen MR) is 72.0 cm³/mol. The van der Waals surface area contributed by atoms with Gasteiger partial charge in [0.05, 0.1) is 6.10 Å². The zero-order valence-corrected chi connectivity index (χ0v) is 11.1. The first-order valence-electron chi connectivity index (χ1n) is 6.31. The van der Waals surface area contributed by atoms with Gasteiger partial charge in [0.2, 0.25) is 0 Å². The van der Waals surface area contributed by atoms with Gasteiger partial charge in [-0.3, -0.25) is 4.98 Å². The van der Waals surface area contributed by atoms with Crippen LogP contribution in [0.1, 0.15) is 22.8 Å². The third-order valence-electron chi connectivity index (χ3n) is 3.12. The Morgan fingerprint density at radius 2 is 2.10 bits per heavy atom. The monoisotopic (exact) mass is 278 g/mol. The van der Waals surface area contributed by atoms with Crippen LogP contribution in [-0.2, 0) is 6.54 Å². The summed E-state index contributed by atoms with van der Waals surface area (Å²) < 4.78 is 26.5. The maximum Gasteiger partial charge on any atom is 0.129 e. The van der Waals surface area contributed by atoms with Crippen LogP contribution in [0.5, 0.6) is 0 Å².